The molecule has 0 aliphatic carbocycles. The molecule has 0 radical (unpaired) electrons. The first kappa shape index (κ1) is 9.77. The Morgan fingerprint density at radius 2 is 1.11 bits per heavy atom. The second-order valence-corrected chi connectivity index (χ2v) is 5.06. The summed E-state index contributed by atoms with van der Waals surface area (Å²) in [5, 5.41) is 5.13. The third kappa shape index (κ3) is 1.17. The van der Waals surface area contributed by atoms with Crippen molar-refractivity contribution in [3.8, 4) is 0 Å². The second kappa shape index (κ2) is 3.16. The van der Waals surface area contributed by atoms with E-state index in [0.717, 1.165) is 0 Å². The lowest BCUT2D eigenvalue weighted by molar-refractivity contribution is 1.30. The molecule has 0 amide bonds. The molecule has 2 aromatic carbocycles. The number of hydrogen-bond donors (Lipinski definition) is 2. The Bertz CT molecular complexity index is 818. The number of H-pyrrole nitrogens is 2. The van der Waals surface area contributed by atoms with Gasteiger partial charge in [0, 0.05) is 32.9 Å². The summed E-state index contributed by atoms with van der Waals surface area (Å²) in [6.07, 6.45) is 0. The first-order valence-electron chi connectivity index (χ1n) is 6.23. The van der Waals surface area contributed by atoms with Crippen LogP contribution in [-0.4, -0.2) is 9.97 Å². The summed E-state index contributed by atoms with van der Waals surface area (Å²) in [5.74, 6) is 0. The fourth-order valence-corrected chi connectivity index (χ4v) is 2.89. The molecule has 2 nitrogen and oxygen atoms in total. The van der Waals surface area contributed by atoms with Crippen molar-refractivity contribution < 1.29 is 0 Å². The fourth-order valence-electron chi connectivity index (χ4n) is 2.89. The Morgan fingerprint density at radius 1 is 0.667 bits per heavy atom. The van der Waals surface area contributed by atoms with Crippen LogP contribution in [0.15, 0.2) is 36.4 Å². The molecule has 0 unspecified atom stereocenters. The van der Waals surface area contributed by atoms with E-state index in [2.05, 4.69) is 60.2 Å². The van der Waals surface area contributed by atoms with Crippen LogP contribution in [0.5, 0.6) is 0 Å². The van der Waals surface area contributed by atoms with E-state index in [1.54, 1.807) is 0 Å². The van der Waals surface area contributed by atoms with E-state index in [1.807, 2.05) is 0 Å². The lowest BCUT2D eigenvalue weighted by Crippen LogP contribution is -1.78. The highest BCUT2D eigenvalue weighted by Gasteiger charge is 2.07. The molecule has 0 aliphatic rings. The first-order chi connectivity index (χ1) is 8.72. The molecule has 4 aromatic rings. The SMILES string of the molecule is Cc1cc2ccc3c(ccc4cc(C)[nH]c43)c2[nH]1. The van der Waals surface area contributed by atoms with Crippen LogP contribution >= 0.6 is 0 Å². The molecular weight excluding hydrogens is 220 g/mol. The van der Waals surface area contributed by atoms with Crippen molar-refractivity contribution in [3.63, 3.8) is 0 Å². The van der Waals surface area contributed by atoms with Gasteiger partial charge in [-0.3, -0.25) is 0 Å². The van der Waals surface area contributed by atoms with Gasteiger partial charge in [-0.2, -0.15) is 0 Å². The maximum Gasteiger partial charge on any atom is 0.0536 e. The van der Waals surface area contributed by atoms with Gasteiger partial charge in [0.2, 0.25) is 0 Å². The Labute approximate surface area is 105 Å². The highest BCUT2D eigenvalue weighted by Crippen LogP contribution is 2.31. The quantitative estimate of drug-likeness (QED) is 0.451. The lowest BCUT2D eigenvalue weighted by Gasteiger charge is -2.01. The monoisotopic (exact) mass is 234 g/mol. The summed E-state index contributed by atoms with van der Waals surface area (Å²) in [4.78, 5) is 6.92. The van der Waals surface area contributed by atoms with Gasteiger partial charge in [-0.25, -0.2) is 0 Å². The van der Waals surface area contributed by atoms with Gasteiger partial charge in [0.05, 0.1) is 11.0 Å². The normalized spacial score (nSPS) is 11.9. The number of aromatic nitrogens is 2. The third-order valence-corrected chi connectivity index (χ3v) is 3.65. The van der Waals surface area contributed by atoms with E-state index in [4.69, 9.17) is 0 Å². The Kier molecular flexibility index (Phi) is 1.72. The predicted molar refractivity (Wildman–Crippen MR) is 77.1 cm³/mol. The Balaban J connectivity index is 2.29. The number of hydrogen-bond acceptors (Lipinski definition) is 0. The zero-order chi connectivity index (χ0) is 12.3. The fraction of sp³-hybridized carbons (Fsp3) is 0.125. The summed E-state index contributed by atoms with van der Waals surface area (Å²) in [5.41, 5.74) is 4.89. The summed E-state index contributed by atoms with van der Waals surface area (Å²) in [6, 6.07) is 13.2. The van der Waals surface area contributed by atoms with Crippen molar-refractivity contribution in [1.29, 1.82) is 0 Å². The van der Waals surface area contributed by atoms with Crippen LogP contribution in [0.4, 0.5) is 0 Å². The second-order valence-electron chi connectivity index (χ2n) is 5.06. The number of aryl methyl sites for hydroxylation is 2. The third-order valence-electron chi connectivity index (χ3n) is 3.65. The number of nitrogens with one attached hydrogen (secondary N) is 2. The molecule has 2 N–H and O–H groups in total. The van der Waals surface area contributed by atoms with E-state index >= 15 is 0 Å². The van der Waals surface area contributed by atoms with Crippen LogP contribution in [-0.2, 0) is 0 Å². The van der Waals surface area contributed by atoms with E-state index in [1.165, 1.54) is 44.0 Å². The van der Waals surface area contributed by atoms with Crippen molar-refractivity contribution in [1.82, 2.24) is 9.97 Å². The number of aromatic amines is 2. The summed E-state index contributed by atoms with van der Waals surface area (Å²) < 4.78 is 0. The first-order valence-corrected chi connectivity index (χ1v) is 6.23. The Hall–Kier alpha value is -2.22. The minimum Gasteiger partial charge on any atom is -0.358 e. The zero-order valence-electron chi connectivity index (χ0n) is 10.5. The average molecular weight is 234 g/mol. The van der Waals surface area contributed by atoms with Crippen LogP contribution in [0.2, 0.25) is 0 Å². The highest BCUT2D eigenvalue weighted by molar-refractivity contribution is 6.15. The molecule has 0 aliphatic heterocycles. The topological polar surface area (TPSA) is 31.6 Å². The molecule has 2 heteroatoms. The van der Waals surface area contributed by atoms with Crippen molar-refractivity contribution in [2.75, 3.05) is 0 Å². The lowest BCUT2D eigenvalue weighted by atomic mass is 10.1. The molecule has 0 saturated heterocycles. The van der Waals surface area contributed by atoms with Gasteiger partial charge in [0.1, 0.15) is 0 Å². The number of fused-ring (bicyclic) bond motifs is 5. The summed E-state index contributed by atoms with van der Waals surface area (Å²) >= 11 is 0. The highest BCUT2D eigenvalue weighted by atomic mass is 14.7. The minimum absolute atomic E-state index is 1.21. The molecular formula is C16H14N2. The molecule has 0 bridgehead atoms. The maximum absolute atomic E-state index is 3.46. The smallest absolute Gasteiger partial charge is 0.0536 e. The standard InChI is InChI=1S/C16H14N2/c1-9-7-11-3-5-14-13(15(11)17-9)6-4-12-8-10(2)18-16(12)14/h3-8,17-18H,1-2H3. The molecule has 2 heterocycles. The summed E-state index contributed by atoms with van der Waals surface area (Å²) in [7, 11) is 0. The molecule has 0 saturated carbocycles. The van der Waals surface area contributed by atoms with Crippen LogP contribution in [0.3, 0.4) is 0 Å². The zero-order valence-corrected chi connectivity index (χ0v) is 10.5. The van der Waals surface area contributed by atoms with E-state index in [9.17, 15) is 0 Å². The van der Waals surface area contributed by atoms with E-state index < -0.39 is 0 Å². The number of benzene rings is 2. The molecule has 4 rings (SSSR count). The van der Waals surface area contributed by atoms with Gasteiger partial charge < -0.3 is 9.97 Å². The predicted octanol–water partition coefficient (Wildman–Crippen LogP) is 4.42. The van der Waals surface area contributed by atoms with Gasteiger partial charge >= 0.3 is 0 Å². The van der Waals surface area contributed by atoms with Crippen molar-refractivity contribution >= 4 is 32.6 Å². The molecule has 88 valence electrons. The van der Waals surface area contributed by atoms with Crippen molar-refractivity contribution in [2.24, 2.45) is 0 Å². The van der Waals surface area contributed by atoms with Crippen LogP contribution in [0.1, 0.15) is 11.4 Å². The van der Waals surface area contributed by atoms with Gasteiger partial charge in [-0.1, -0.05) is 24.3 Å². The summed E-state index contributed by atoms with van der Waals surface area (Å²) in [6.45, 7) is 4.20. The van der Waals surface area contributed by atoms with Gasteiger partial charge in [-0.05, 0) is 26.0 Å². The minimum atomic E-state index is 1.21. The molecule has 18 heavy (non-hydrogen) atoms. The maximum atomic E-state index is 3.46. The van der Waals surface area contributed by atoms with Crippen LogP contribution < -0.4 is 0 Å². The van der Waals surface area contributed by atoms with Gasteiger partial charge in [-0.15, -0.1) is 0 Å². The molecule has 0 spiro atoms. The average Bonchev–Trinajstić information content (AvgIpc) is 2.89. The molecule has 0 fully saturated rings. The van der Waals surface area contributed by atoms with Gasteiger partial charge in [0.25, 0.3) is 0 Å². The van der Waals surface area contributed by atoms with Crippen molar-refractivity contribution in [3.05, 3.63) is 47.8 Å². The molecule has 2 aromatic heterocycles. The van der Waals surface area contributed by atoms with Crippen molar-refractivity contribution in [2.45, 2.75) is 13.8 Å². The molecule has 0 atom stereocenters. The number of rotatable bonds is 0. The van der Waals surface area contributed by atoms with Crippen LogP contribution in [0, 0.1) is 13.8 Å². The Morgan fingerprint density at radius 3 is 1.56 bits per heavy atom. The largest absolute Gasteiger partial charge is 0.358 e. The van der Waals surface area contributed by atoms with Gasteiger partial charge in [0.15, 0.2) is 0 Å². The van der Waals surface area contributed by atoms with E-state index in [-0.39, 0.29) is 0 Å². The van der Waals surface area contributed by atoms with E-state index in [0.29, 0.717) is 0 Å². The van der Waals surface area contributed by atoms with Crippen LogP contribution in [0.25, 0.3) is 32.6 Å².